The third-order valence-electron chi connectivity index (χ3n) is 3.79. The lowest BCUT2D eigenvalue weighted by Gasteiger charge is -2.31. The van der Waals surface area contributed by atoms with E-state index in [1.165, 1.54) is 11.3 Å². The molecule has 1 N–H and O–H groups in total. The third-order valence-corrected chi connectivity index (χ3v) is 5.01. The third kappa shape index (κ3) is 3.15. The van der Waals surface area contributed by atoms with Gasteiger partial charge in [-0.15, -0.1) is 11.3 Å². The lowest BCUT2D eigenvalue weighted by Crippen LogP contribution is -2.45. The highest BCUT2D eigenvalue weighted by Crippen LogP contribution is 2.26. The zero-order valence-corrected chi connectivity index (χ0v) is 12.7. The van der Waals surface area contributed by atoms with Crippen molar-refractivity contribution in [2.75, 3.05) is 13.1 Å². The normalized spacial score (nSPS) is 22.6. The van der Waals surface area contributed by atoms with E-state index in [1.807, 2.05) is 0 Å². The predicted molar refractivity (Wildman–Crippen MR) is 79.1 cm³/mol. The molecule has 4 nitrogen and oxygen atoms in total. The highest BCUT2D eigenvalue weighted by molar-refractivity contribution is 7.17. The van der Waals surface area contributed by atoms with E-state index in [0.29, 0.717) is 21.8 Å². The zero-order chi connectivity index (χ0) is 14.1. The molecule has 2 heterocycles. The molecule has 0 radical (unpaired) electrons. The second-order valence-electron chi connectivity index (χ2n) is 5.48. The fourth-order valence-electron chi connectivity index (χ4n) is 2.51. The van der Waals surface area contributed by atoms with E-state index in [0.717, 1.165) is 32.2 Å². The molecule has 2 amide bonds. The molecule has 20 heavy (non-hydrogen) atoms. The Morgan fingerprint density at radius 3 is 2.75 bits per heavy atom. The summed E-state index contributed by atoms with van der Waals surface area (Å²) in [6.07, 6.45) is 3.94. The number of hydrogen-bond donors (Lipinski definition) is 1. The number of carbonyl (C=O) groups is 2. The molecule has 108 valence electrons. The summed E-state index contributed by atoms with van der Waals surface area (Å²) < 4.78 is 0.619. The van der Waals surface area contributed by atoms with Crippen LogP contribution < -0.4 is 5.32 Å². The minimum Gasteiger partial charge on any atom is -0.353 e. The number of piperidine rings is 1. The van der Waals surface area contributed by atoms with Gasteiger partial charge >= 0.3 is 0 Å². The minimum atomic E-state index is -0.0660. The Morgan fingerprint density at radius 2 is 2.10 bits per heavy atom. The van der Waals surface area contributed by atoms with Gasteiger partial charge < -0.3 is 10.2 Å². The quantitative estimate of drug-likeness (QED) is 0.932. The van der Waals surface area contributed by atoms with Crippen LogP contribution in [0.5, 0.6) is 0 Å². The van der Waals surface area contributed by atoms with Crippen LogP contribution in [0.2, 0.25) is 4.34 Å². The number of rotatable bonds is 3. The van der Waals surface area contributed by atoms with Crippen molar-refractivity contribution in [3.63, 3.8) is 0 Å². The van der Waals surface area contributed by atoms with Crippen LogP contribution in [0.4, 0.5) is 0 Å². The van der Waals surface area contributed by atoms with Crippen molar-refractivity contribution in [1.82, 2.24) is 10.2 Å². The molecule has 0 aromatic carbocycles. The Kier molecular flexibility index (Phi) is 3.98. The lowest BCUT2D eigenvalue weighted by molar-refractivity contribution is -0.126. The van der Waals surface area contributed by atoms with Crippen molar-refractivity contribution in [3.8, 4) is 0 Å². The number of halogens is 1. The molecular weight excluding hydrogens is 296 g/mol. The van der Waals surface area contributed by atoms with Gasteiger partial charge in [0.05, 0.1) is 15.1 Å². The smallest absolute Gasteiger partial charge is 0.263 e. The molecule has 0 bridgehead atoms. The van der Waals surface area contributed by atoms with Crippen molar-refractivity contribution in [1.29, 1.82) is 0 Å². The van der Waals surface area contributed by atoms with E-state index in [4.69, 9.17) is 11.6 Å². The second-order valence-corrected chi connectivity index (χ2v) is 7.19. The Morgan fingerprint density at radius 1 is 1.30 bits per heavy atom. The fourth-order valence-corrected chi connectivity index (χ4v) is 3.52. The first kappa shape index (κ1) is 13.9. The van der Waals surface area contributed by atoms with Gasteiger partial charge in [0.1, 0.15) is 0 Å². The number of carbonyl (C=O) groups excluding carboxylic acids is 2. The average molecular weight is 313 g/mol. The number of nitrogens with one attached hydrogen (secondary N) is 1. The zero-order valence-electron chi connectivity index (χ0n) is 11.1. The highest BCUT2D eigenvalue weighted by Gasteiger charge is 2.32. The van der Waals surface area contributed by atoms with Crippen LogP contribution in [0.1, 0.15) is 35.4 Å². The molecule has 1 aromatic rings. The summed E-state index contributed by atoms with van der Waals surface area (Å²) in [4.78, 5) is 26.9. The molecule has 1 aromatic heterocycles. The van der Waals surface area contributed by atoms with Gasteiger partial charge in [0.15, 0.2) is 0 Å². The standard InChI is InChI=1S/C14H17ClN2O2S/c15-12-6-5-11(20-12)14(19)17-7-1-2-9(8-17)13(18)16-10-3-4-10/h5-6,9-10H,1-4,7-8H2,(H,16,18)/t9-/m1/s1. The molecule has 0 unspecified atom stereocenters. The summed E-state index contributed by atoms with van der Waals surface area (Å²) >= 11 is 7.16. The maximum absolute atomic E-state index is 12.4. The van der Waals surface area contributed by atoms with Gasteiger partial charge in [-0.25, -0.2) is 0 Å². The maximum atomic E-state index is 12.4. The van der Waals surface area contributed by atoms with Crippen LogP contribution in [0.25, 0.3) is 0 Å². The van der Waals surface area contributed by atoms with Crippen LogP contribution in [-0.4, -0.2) is 35.8 Å². The topological polar surface area (TPSA) is 49.4 Å². The van der Waals surface area contributed by atoms with Gasteiger partial charge in [0.25, 0.3) is 5.91 Å². The number of amides is 2. The molecule has 2 fully saturated rings. The van der Waals surface area contributed by atoms with Crippen molar-refractivity contribution in [2.45, 2.75) is 31.7 Å². The first-order valence-electron chi connectivity index (χ1n) is 6.98. The van der Waals surface area contributed by atoms with E-state index in [2.05, 4.69) is 5.32 Å². The molecule has 1 aliphatic heterocycles. The minimum absolute atomic E-state index is 0.00850. The van der Waals surface area contributed by atoms with Gasteiger partial charge in [-0.2, -0.15) is 0 Å². The van der Waals surface area contributed by atoms with Crippen LogP contribution in [0, 0.1) is 5.92 Å². The summed E-state index contributed by atoms with van der Waals surface area (Å²) in [7, 11) is 0. The van der Waals surface area contributed by atoms with E-state index in [9.17, 15) is 9.59 Å². The molecule has 1 atom stereocenters. The monoisotopic (exact) mass is 312 g/mol. The number of thiophene rings is 1. The molecule has 1 saturated heterocycles. The second kappa shape index (κ2) is 5.74. The first-order valence-corrected chi connectivity index (χ1v) is 8.18. The van der Waals surface area contributed by atoms with Gasteiger partial charge in [-0.05, 0) is 37.8 Å². The van der Waals surface area contributed by atoms with Crippen molar-refractivity contribution in [3.05, 3.63) is 21.3 Å². The van der Waals surface area contributed by atoms with Crippen LogP contribution >= 0.6 is 22.9 Å². The Balaban J connectivity index is 1.62. The van der Waals surface area contributed by atoms with E-state index in [-0.39, 0.29) is 17.7 Å². The molecule has 0 spiro atoms. The van der Waals surface area contributed by atoms with Gasteiger partial charge in [-0.3, -0.25) is 9.59 Å². The average Bonchev–Trinajstić information content (AvgIpc) is 3.17. The van der Waals surface area contributed by atoms with Gasteiger partial charge in [-0.1, -0.05) is 11.6 Å². The predicted octanol–water partition coefficient (Wildman–Crippen LogP) is 2.53. The van der Waals surface area contributed by atoms with Crippen molar-refractivity contribution in [2.24, 2.45) is 5.92 Å². The van der Waals surface area contributed by atoms with Gasteiger partial charge in [0, 0.05) is 19.1 Å². The van der Waals surface area contributed by atoms with Gasteiger partial charge in [0.2, 0.25) is 5.91 Å². The molecule has 2 aliphatic rings. The molecule has 1 saturated carbocycles. The van der Waals surface area contributed by atoms with E-state index < -0.39 is 0 Å². The van der Waals surface area contributed by atoms with E-state index >= 15 is 0 Å². The molecule has 3 rings (SSSR count). The molecule has 1 aliphatic carbocycles. The fraction of sp³-hybridized carbons (Fsp3) is 0.571. The Bertz CT molecular complexity index is 527. The summed E-state index contributed by atoms with van der Waals surface area (Å²) in [5.74, 6) is 0.0313. The summed E-state index contributed by atoms with van der Waals surface area (Å²) in [6, 6.07) is 3.87. The van der Waals surface area contributed by atoms with Crippen LogP contribution in [0.15, 0.2) is 12.1 Å². The number of likely N-dealkylation sites (tertiary alicyclic amines) is 1. The van der Waals surface area contributed by atoms with Crippen LogP contribution in [0.3, 0.4) is 0 Å². The molecular formula is C14H17ClN2O2S. The first-order chi connectivity index (χ1) is 9.63. The Hall–Kier alpha value is -1.07. The van der Waals surface area contributed by atoms with Crippen molar-refractivity contribution >= 4 is 34.8 Å². The lowest BCUT2D eigenvalue weighted by atomic mass is 9.97. The molecule has 6 heteroatoms. The van der Waals surface area contributed by atoms with Crippen LogP contribution in [-0.2, 0) is 4.79 Å². The highest BCUT2D eigenvalue weighted by atomic mass is 35.5. The number of nitrogens with zero attached hydrogens (tertiary/aromatic N) is 1. The maximum Gasteiger partial charge on any atom is 0.263 e. The summed E-state index contributed by atoms with van der Waals surface area (Å²) in [6.45, 7) is 1.24. The SMILES string of the molecule is O=C(NC1CC1)[C@@H]1CCCN(C(=O)c2ccc(Cl)s2)C1. The van der Waals surface area contributed by atoms with E-state index in [1.54, 1.807) is 17.0 Å². The van der Waals surface area contributed by atoms with Crippen molar-refractivity contribution < 1.29 is 9.59 Å². The summed E-state index contributed by atoms with van der Waals surface area (Å²) in [5, 5.41) is 3.03. The largest absolute Gasteiger partial charge is 0.353 e. The summed E-state index contributed by atoms with van der Waals surface area (Å²) in [5.41, 5.74) is 0. The Labute approximate surface area is 127 Å². The number of hydrogen-bond acceptors (Lipinski definition) is 3.